The molecule has 3 rings (SSSR count). The predicted octanol–water partition coefficient (Wildman–Crippen LogP) is 1.24. The first kappa shape index (κ1) is 13.1. The number of ether oxygens (including phenoxy) is 1. The second kappa shape index (κ2) is 5.24. The third-order valence-electron chi connectivity index (χ3n) is 3.56. The van der Waals surface area contributed by atoms with Gasteiger partial charge in [0.15, 0.2) is 0 Å². The van der Waals surface area contributed by atoms with E-state index in [2.05, 4.69) is 5.10 Å². The van der Waals surface area contributed by atoms with Crippen LogP contribution in [0.25, 0.3) is 5.69 Å². The molecule has 1 aromatic heterocycles. The number of morpholine rings is 1. The minimum absolute atomic E-state index is 0.150. The fourth-order valence-corrected chi connectivity index (χ4v) is 2.54. The number of hydroxylamine groups is 2. The maximum atomic E-state index is 12.6. The third kappa shape index (κ3) is 2.18. The molecule has 0 amide bonds. The van der Waals surface area contributed by atoms with E-state index in [0.717, 1.165) is 11.4 Å². The van der Waals surface area contributed by atoms with Crippen LogP contribution >= 0.6 is 0 Å². The molecule has 1 atom stereocenters. The zero-order chi connectivity index (χ0) is 14.1. The van der Waals surface area contributed by atoms with Crippen LogP contribution in [0, 0.1) is 6.92 Å². The topological polar surface area (TPSA) is 70.5 Å². The number of hydrogen-bond acceptors (Lipinski definition) is 4. The number of aromatic nitrogens is 2. The Bertz CT molecular complexity index is 647. The van der Waals surface area contributed by atoms with Gasteiger partial charge in [0.25, 0.3) is 5.56 Å². The van der Waals surface area contributed by atoms with Gasteiger partial charge in [0, 0.05) is 12.2 Å². The minimum Gasteiger partial charge on any atom is -0.378 e. The van der Waals surface area contributed by atoms with Crippen LogP contribution in [-0.2, 0) is 4.74 Å². The predicted molar refractivity (Wildman–Crippen MR) is 73.2 cm³/mol. The van der Waals surface area contributed by atoms with Crippen LogP contribution in [0.15, 0.2) is 35.1 Å². The van der Waals surface area contributed by atoms with Gasteiger partial charge in [-0.15, -0.1) is 0 Å². The van der Waals surface area contributed by atoms with Crippen molar-refractivity contribution in [3.05, 3.63) is 51.9 Å². The van der Waals surface area contributed by atoms with Crippen molar-refractivity contribution in [3.8, 4) is 5.69 Å². The lowest BCUT2D eigenvalue weighted by molar-refractivity contribution is -0.183. The van der Waals surface area contributed by atoms with Crippen molar-refractivity contribution in [3.63, 3.8) is 0 Å². The summed E-state index contributed by atoms with van der Waals surface area (Å²) in [6, 6.07) is 8.94. The summed E-state index contributed by atoms with van der Waals surface area (Å²) in [5.41, 5.74) is 1.92. The number of hydrogen-bond donors (Lipinski definition) is 2. The third-order valence-corrected chi connectivity index (χ3v) is 3.56. The van der Waals surface area contributed by atoms with Gasteiger partial charge < -0.3 is 9.94 Å². The van der Waals surface area contributed by atoms with Gasteiger partial charge in [-0.25, -0.2) is 4.68 Å². The van der Waals surface area contributed by atoms with E-state index in [-0.39, 0.29) is 5.56 Å². The Morgan fingerprint density at radius 3 is 2.80 bits per heavy atom. The molecule has 1 aromatic carbocycles. The maximum absolute atomic E-state index is 12.6. The van der Waals surface area contributed by atoms with E-state index in [1.54, 1.807) is 0 Å². The van der Waals surface area contributed by atoms with E-state index >= 15 is 0 Å². The number of rotatable bonds is 2. The van der Waals surface area contributed by atoms with E-state index < -0.39 is 6.04 Å². The molecular formula is C14H17N3O3. The molecule has 2 N–H and O–H groups in total. The average Bonchev–Trinajstić information content (AvgIpc) is 2.76. The zero-order valence-corrected chi connectivity index (χ0v) is 11.2. The average molecular weight is 275 g/mol. The fourth-order valence-electron chi connectivity index (χ4n) is 2.54. The number of aromatic amines is 1. The van der Waals surface area contributed by atoms with Crippen LogP contribution in [0.4, 0.5) is 0 Å². The molecule has 20 heavy (non-hydrogen) atoms. The molecule has 106 valence electrons. The zero-order valence-electron chi connectivity index (χ0n) is 11.2. The first-order valence-electron chi connectivity index (χ1n) is 6.58. The number of nitrogens with one attached hydrogen (secondary N) is 1. The summed E-state index contributed by atoms with van der Waals surface area (Å²) < 4.78 is 6.86. The number of H-pyrrole nitrogens is 1. The Balaban J connectivity index is 2.05. The van der Waals surface area contributed by atoms with Gasteiger partial charge in [0.2, 0.25) is 0 Å². The highest BCUT2D eigenvalue weighted by molar-refractivity contribution is 5.33. The molecular weight excluding hydrogens is 258 g/mol. The van der Waals surface area contributed by atoms with E-state index in [1.807, 2.05) is 37.3 Å². The van der Waals surface area contributed by atoms with Gasteiger partial charge in [-0.05, 0) is 19.1 Å². The van der Waals surface area contributed by atoms with Crippen molar-refractivity contribution >= 4 is 0 Å². The number of benzene rings is 1. The monoisotopic (exact) mass is 275 g/mol. The minimum atomic E-state index is -0.419. The molecule has 0 saturated carbocycles. The summed E-state index contributed by atoms with van der Waals surface area (Å²) in [5.74, 6) is 0. The van der Waals surface area contributed by atoms with Crippen molar-refractivity contribution in [1.82, 2.24) is 14.8 Å². The Labute approximate surface area is 116 Å². The molecule has 6 heteroatoms. The summed E-state index contributed by atoms with van der Waals surface area (Å²) in [6.45, 7) is 3.03. The van der Waals surface area contributed by atoms with Crippen molar-refractivity contribution in [1.29, 1.82) is 0 Å². The normalized spacial score (nSPS) is 20.2. The van der Waals surface area contributed by atoms with E-state index in [0.29, 0.717) is 25.3 Å². The lowest BCUT2D eigenvalue weighted by Gasteiger charge is -2.29. The largest absolute Gasteiger partial charge is 0.378 e. The van der Waals surface area contributed by atoms with E-state index in [9.17, 15) is 10.0 Å². The highest BCUT2D eigenvalue weighted by Gasteiger charge is 2.29. The van der Waals surface area contributed by atoms with Gasteiger partial charge >= 0.3 is 0 Å². The standard InChI is InChI=1S/C14H17N3O3/c1-10-13(12-9-20-8-7-16(12)19)14(18)17(15-10)11-5-3-2-4-6-11/h2-6,12,15,19H,7-9H2,1H3. The Morgan fingerprint density at radius 1 is 1.35 bits per heavy atom. The van der Waals surface area contributed by atoms with Gasteiger partial charge in [-0.3, -0.25) is 9.89 Å². The first-order valence-corrected chi connectivity index (χ1v) is 6.58. The molecule has 1 fully saturated rings. The van der Waals surface area contributed by atoms with Crippen molar-refractivity contribution < 1.29 is 9.94 Å². The maximum Gasteiger partial charge on any atom is 0.276 e. The molecule has 0 aliphatic carbocycles. The first-order chi connectivity index (χ1) is 9.68. The van der Waals surface area contributed by atoms with Crippen LogP contribution < -0.4 is 5.56 Å². The summed E-state index contributed by atoms with van der Waals surface area (Å²) in [6.07, 6.45) is 0. The number of para-hydroxylation sites is 1. The van der Waals surface area contributed by atoms with Crippen molar-refractivity contribution in [2.24, 2.45) is 0 Å². The molecule has 2 aromatic rings. The molecule has 0 radical (unpaired) electrons. The molecule has 1 aliphatic heterocycles. The van der Waals surface area contributed by atoms with Crippen LogP contribution in [0.5, 0.6) is 0 Å². The van der Waals surface area contributed by atoms with Gasteiger partial charge in [-0.1, -0.05) is 18.2 Å². The van der Waals surface area contributed by atoms with Crippen molar-refractivity contribution in [2.75, 3.05) is 19.8 Å². The van der Waals surface area contributed by atoms with Gasteiger partial charge in [0.1, 0.15) is 0 Å². The second-order valence-corrected chi connectivity index (χ2v) is 4.88. The lowest BCUT2D eigenvalue weighted by Crippen LogP contribution is -2.39. The van der Waals surface area contributed by atoms with Crippen molar-refractivity contribution in [2.45, 2.75) is 13.0 Å². The van der Waals surface area contributed by atoms with Crippen LogP contribution in [0.1, 0.15) is 17.3 Å². The molecule has 1 unspecified atom stereocenters. The Morgan fingerprint density at radius 2 is 2.10 bits per heavy atom. The van der Waals surface area contributed by atoms with E-state index in [4.69, 9.17) is 4.74 Å². The molecule has 1 saturated heterocycles. The summed E-state index contributed by atoms with van der Waals surface area (Å²) in [5, 5.41) is 14.2. The number of nitrogens with zero attached hydrogens (tertiary/aromatic N) is 2. The van der Waals surface area contributed by atoms with Crippen LogP contribution in [0.2, 0.25) is 0 Å². The second-order valence-electron chi connectivity index (χ2n) is 4.88. The SMILES string of the molecule is Cc1[nH]n(-c2ccccc2)c(=O)c1C1COCCN1O. The summed E-state index contributed by atoms with van der Waals surface area (Å²) in [7, 11) is 0. The quantitative estimate of drug-likeness (QED) is 0.865. The molecule has 2 heterocycles. The number of aryl methyl sites for hydroxylation is 1. The van der Waals surface area contributed by atoms with E-state index in [1.165, 1.54) is 9.75 Å². The Kier molecular flexibility index (Phi) is 3.43. The highest BCUT2D eigenvalue weighted by atomic mass is 16.5. The van der Waals surface area contributed by atoms with Crippen LogP contribution in [-0.4, -0.2) is 39.8 Å². The molecule has 1 aliphatic rings. The molecule has 0 bridgehead atoms. The van der Waals surface area contributed by atoms with Gasteiger partial charge in [-0.2, -0.15) is 5.06 Å². The Hall–Kier alpha value is -1.89. The molecule has 6 nitrogen and oxygen atoms in total. The van der Waals surface area contributed by atoms with Gasteiger partial charge in [0.05, 0.1) is 30.5 Å². The molecule has 0 spiro atoms. The summed E-state index contributed by atoms with van der Waals surface area (Å²) >= 11 is 0. The van der Waals surface area contributed by atoms with Crippen LogP contribution in [0.3, 0.4) is 0 Å². The lowest BCUT2D eigenvalue weighted by atomic mass is 10.1. The highest BCUT2D eigenvalue weighted by Crippen LogP contribution is 2.22. The fraction of sp³-hybridized carbons (Fsp3) is 0.357. The smallest absolute Gasteiger partial charge is 0.276 e. The summed E-state index contributed by atoms with van der Waals surface area (Å²) in [4.78, 5) is 12.6.